The van der Waals surface area contributed by atoms with Gasteiger partial charge >= 0.3 is 0 Å². The van der Waals surface area contributed by atoms with Crippen LogP contribution in [0, 0.1) is 16.0 Å². The zero-order valence-electron chi connectivity index (χ0n) is 13.5. The topological polar surface area (TPSA) is 129 Å². The average Bonchev–Trinajstić information content (AvgIpc) is 3.04. The Labute approximate surface area is 139 Å². The van der Waals surface area contributed by atoms with Crippen LogP contribution >= 0.6 is 0 Å². The number of benzene rings is 1. The van der Waals surface area contributed by atoms with Gasteiger partial charge in [-0.2, -0.15) is 0 Å². The van der Waals surface area contributed by atoms with Gasteiger partial charge < -0.3 is 11.1 Å². The molecule has 2 rings (SSSR count). The summed E-state index contributed by atoms with van der Waals surface area (Å²) in [6.45, 7) is 4.43. The van der Waals surface area contributed by atoms with Gasteiger partial charge in [0, 0.05) is 24.7 Å². The number of nitrogens with one attached hydrogen (secondary N) is 1. The molecule has 0 saturated heterocycles. The van der Waals surface area contributed by atoms with E-state index in [4.69, 9.17) is 5.73 Å². The fourth-order valence-corrected chi connectivity index (χ4v) is 2.29. The third kappa shape index (κ3) is 4.35. The van der Waals surface area contributed by atoms with Crippen LogP contribution in [0.15, 0.2) is 30.5 Å². The Morgan fingerprint density at radius 3 is 2.83 bits per heavy atom. The smallest absolute Gasteiger partial charge is 0.273 e. The van der Waals surface area contributed by atoms with Crippen LogP contribution in [0.25, 0.3) is 5.69 Å². The highest BCUT2D eigenvalue weighted by molar-refractivity contribution is 5.92. The molecule has 0 aliphatic carbocycles. The van der Waals surface area contributed by atoms with Crippen LogP contribution in [0.4, 0.5) is 5.69 Å². The van der Waals surface area contributed by atoms with Gasteiger partial charge in [-0.3, -0.25) is 14.9 Å². The SMILES string of the molecule is CC(C)CC(CN)NC(=O)c1cn(-c2cccc([N+](=O)[O-])c2)nn1. The minimum absolute atomic E-state index is 0.0610. The number of amides is 1. The second kappa shape index (κ2) is 7.64. The molecule has 0 radical (unpaired) electrons. The third-order valence-corrected chi connectivity index (χ3v) is 3.41. The molecule has 2 aromatic rings. The maximum atomic E-state index is 12.2. The Morgan fingerprint density at radius 2 is 2.21 bits per heavy atom. The summed E-state index contributed by atoms with van der Waals surface area (Å²) in [7, 11) is 0. The number of aromatic nitrogens is 3. The lowest BCUT2D eigenvalue weighted by atomic mass is 10.0. The number of nitro groups is 1. The first-order valence-corrected chi connectivity index (χ1v) is 7.58. The molecule has 9 heteroatoms. The summed E-state index contributed by atoms with van der Waals surface area (Å²) in [5, 5.41) is 21.3. The van der Waals surface area contributed by atoms with Crippen molar-refractivity contribution in [3.63, 3.8) is 0 Å². The molecular formula is C15H20N6O3. The van der Waals surface area contributed by atoms with Crippen molar-refractivity contribution in [1.29, 1.82) is 0 Å². The van der Waals surface area contributed by atoms with E-state index in [1.807, 2.05) is 13.8 Å². The molecule has 1 aromatic heterocycles. The van der Waals surface area contributed by atoms with E-state index in [-0.39, 0.29) is 23.3 Å². The van der Waals surface area contributed by atoms with Crippen LogP contribution in [0.2, 0.25) is 0 Å². The van der Waals surface area contributed by atoms with E-state index in [0.29, 0.717) is 18.2 Å². The predicted molar refractivity (Wildman–Crippen MR) is 87.8 cm³/mol. The van der Waals surface area contributed by atoms with Gasteiger partial charge in [-0.1, -0.05) is 25.1 Å². The Morgan fingerprint density at radius 1 is 1.46 bits per heavy atom. The number of hydrogen-bond donors (Lipinski definition) is 2. The molecule has 0 fully saturated rings. The van der Waals surface area contributed by atoms with Crippen LogP contribution in [0.1, 0.15) is 30.8 Å². The van der Waals surface area contributed by atoms with E-state index in [1.165, 1.54) is 23.0 Å². The lowest BCUT2D eigenvalue weighted by Crippen LogP contribution is -2.41. The number of nitrogens with zero attached hydrogens (tertiary/aromatic N) is 4. The summed E-state index contributed by atoms with van der Waals surface area (Å²) in [5.74, 6) is 0.0298. The van der Waals surface area contributed by atoms with Crippen LogP contribution < -0.4 is 11.1 Å². The zero-order chi connectivity index (χ0) is 17.7. The minimum atomic E-state index is -0.494. The second-order valence-electron chi connectivity index (χ2n) is 5.86. The van der Waals surface area contributed by atoms with E-state index in [0.717, 1.165) is 6.42 Å². The second-order valence-corrected chi connectivity index (χ2v) is 5.86. The van der Waals surface area contributed by atoms with Gasteiger partial charge in [0.2, 0.25) is 0 Å². The van der Waals surface area contributed by atoms with Crippen LogP contribution in [-0.4, -0.2) is 38.4 Å². The summed E-state index contributed by atoms with van der Waals surface area (Å²) in [5.41, 5.74) is 6.19. The molecule has 24 heavy (non-hydrogen) atoms. The van der Waals surface area contributed by atoms with Gasteiger partial charge in [0.25, 0.3) is 11.6 Å². The summed E-state index contributed by atoms with van der Waals surface area (Å²) in [6, 6.07) is 5.79. The molecule has 0 spiro atoms. The first-order valence-electron chi connectivity index (χ1n) is 7.58. The molecule has 1 atom stereocenters. The van der Waals surface area contributed by atoms with Crippen molar-refractivity contribution in [2.24, 2.45) is 11.7 Å². The molecule has 1 heterocycles. The number of non-ortho nitro benzene ring substituents is 1. The molecule has 0 aliphatic heterocycles. The standard InChI is InChI=1S/C15H20N6O3/c1-10(2)6-11(8-16)17-15(22)14-9-20(19-18-14)12-4-3-5-13(7-12)21(23)24/h3-5,7,9-11H,6,8,16H2,1-2H3,(H,17,22). The van der Waals surface area contributed by atoms with Gasteiger partial charge in [0.1, 0.15) is 0 Å². The average molecular weight is 332 g/mol. The van der Waals surface area contributed by atoms with Crippen LogP contribution in [0.5, 0.6) is 0 Å². The number of hydrogen-bond acceptors (Lipinski definition) is 6. The monoisotopic (exact) mass is 332 g/mol. The van der Waals surface area contributed by atoms with E-state index in [2.05, 4.69) is 15.6 Å². The first-order chi connectivity index (χ1) is 11.4. The molecule has 0 bridgehead atoms. The number of carbonyl (C=O) groups is 1. The third-order valence-electron chi connectivity index (χ3n) is 3.41. The highest BCUT2D eigenvalue weighted by atomic mass is 16.6. The van der Waals surface area contributed by atoms with Gasteiger partial charge in [-0.25, -0.2) is 4.68 Å². The van der Waals surface area contributed by atoms with E-state index in [1.54, 1.807) is 12.1 Å². The van der Waals surface area contributed by atoms with Crippen LogP contribution in [-0.2, 0) is 0 Å². The Bertz CT molecular complexity index is 728. The minimum Gasteiger partial charge on any atom is -0.347 e. The van der Waals surface area contributed by atoms with E-state index < -0.39 is 4.92 Å². The van der Waals surface area contributed by atoms with Crippen molar-refractivity contribution in [2.75, 3.05) is 6.54 Å². The predicted octanol–water partition coefficient (Wildman–Crippen LogP) is 1.28. The molecule has 1 amide bonds. The normalized spacial score (nSPS) is 12.2. The van der Waals surface area contributed by atoms with Crippen molar-refractivity contribution >= 4 is 11.6 Å². The van der Waals surface area contributed by atoms with Gasteiger partial charge in [-0.05, 0) is 18.4 Å². The molecule has 1 unspecified atom stereocenters. The number of nitro benzene ring substituents is 1. The summed E-state index contributed by atoms with van der Waals surface area (Å²) in [4.78, 5) is 22.6. The molecule has 128 valence electrons. The largest absolute Gasteiger partial charge is 0.347 e. The lowest BCUT2D eigenvalue weighted by molar-refractivity contribution is -0.384. The maximum Gasteiger partial charge on any atom is 0.273 e. The number of rotatable bonds is 7. The zero-order valence-corrected chi connectivity index (χ0v) is 13.5. The van der Waals surface area contributed by atoms with Crippen molar-refractivity contribution in [3.05, 3.63) is 46.3 Å². The Kier molecular flexibility index (Phi) is 5.59. The first kappa shape index (κ1) is 17.5. The molecular weight excluding hydrogens is 312 g/mol. The van der Waals surface area contributed by atoms with E-state index in [9.17, 15) is 14.9 Å². The maximum absolute atomic E-state index is 12.2. The van der Waals surface area contributed by atoms with Crippen LogP contribution in [0.3, 0.4) is 0 Å². The molecule has 9 nitrogen and oxygen atoms in total. The quantitative estimate of drug-likeness (QED) is 0.580. The summed E-state index contributed by atoms with van der Waals surface area (Å²) in [6.07, 6.45) is 2.19. The highest BCUT2D eigenvalue weighted by Gasteiger charge is 2.17. The highest BCUT2D eigenvalue weighted by Crippen LogP contribution is 2.16. The summed E-state index contributed by atoms with van der Waals surface area (Å²) < 4.78 is 1.32. The molecule has 3 N–H and O–H groups in total. The van der Waals surface area contributed by atoms with Crippen molar-refractivity contribution < 1.29 is 9.72 Å². The number of nitrogens with two attached hydrogens (primary N) is 1. The molecule has 1 aromatic carbocycles. The number of carbonyl (C=O) groups excluding carboxylic acids is 1. The van der Waals surface area contributed by atoms with Gasteiger partial charge in [-0.15, -0.1) is 5.10 Å². The molecule has 0 saturated carbocycles. The Hall–Kier alpha value is -2.81. The molecule has 0 aliphatic rings. The fraction of sp³-hybridized carbons (Fsp3) is 0.400. The van der Waals surface area contributed by atoms with Crippen molar-refractivity contribution in [3.8, 4) is 5.69 Å². The van der Waals surface area contributed by atoms with Gasteiger partial charge in [0.15, 0.2) is 5.69 Å². The van der Waals surface area contributed by atoms with Gasteiger partial charge in [0.05, 0.1) is 16.8 Å². The lowest BCUT2D eigenvalue weighted by Gasteiger charge is -2.17. The van der Waals surface area contributed by atoms with Crippen molar-refractivity contribution in [2.45, 2.75) is 26.3 Å². The van der Waals surface area contributed by atoms with E-state index >= 15 is 0 Å². The fourth-order valence-electron chi connectivity index (χ4n) is 2.29. The van der Waals surface area contributed by atoms with Crippen molar-refractivity contribution in [1.82, 2.24) is 20.3 Å². The Balaban J connectivity index is 2.13. The summed E-state index contributed by atoms with van der Waals surface area (Å²) >= 11 is 0.